The number of hydrogen-bond acceptors (Lipinski definition) is 5. The van der Waals surface area contributed by atoms with E-state index < -0.39 is 0 Å². The molecule has 31 heavy (non-hydrogen) atoms. The molecule has 0 saturated heterocycles. The highest BCUT2D eigenvalue weighted by atomic mass is 16.5. The van der Waals surface area contributed by atoms with Crippen molar-refractivity contribution in [1.82, 2.24) is 9.55 Å². The molecule has 6 nitrogen and oxygen atoms in total. The van der Waals surface area contributed by atoms with Gasteiger partial charge in [-0.3, -0.25) is 9.59 Å². The molecule has 0 radical (unpaired) electrons. The maximum atomic E-state index is 12.7. The molecule has 1 aliphatic carbocycles. The van der Waals surface area contributed by atoms with Gasteiger partial charge in [0.1, 0.15) is 5.75 Å². The monoisotopic (exact) mass is 424 g/mol. The van der Waals surface area contributed by atoms with E-state index in [-0.39, 0.29) is 28.2 Å². The van der Waals surface area contributed by atoms with Gasteiger partial charge in [0, 0.05) is 44.4 Å². The molecule has 2 aromatic heterocycles. The number of ether oxygens (including phenoxy) is 2. The van der Waals surface area contributed by atoms with E-state index in [4.69, 9.17) is 14.5 Å². The minimum Gasteiger partial charge on any atom is -0.492 e. The Balaban J connectivity index is 1.84. The third-order valence-corrected chi connectivity index (χ3v) is 6.26. The van der Waals surface area contributed by atoms with Gasteiger partial charge in [-0.15, -0.1) is 0 Å². The number of rotatable bonds is 7. The van der Waals surface area contributed by atoms with Crippen LogP contribution in [0.2, 0.25) is 0 Å². The molecule has 6 heteroatoms. The van der Waals surface area contributed by atoms with E-state index in [1.165, 1.54) is 6.92 Å². The first-order chi connectivity index (χ1) is 14.7. The van der Waals surface area contributed by atoms with Gasteiger partial charge in [0.25, 0.3) is 0 Å². The van der Waals surface area contributed by atoms with Crippen molar-refractivity contribution in [1.29, 1.82) is 0 Å². The Labute approximate surface area is 183 Å². The summed E-state index contributed by atoms with van der Waals surface area (Å²) in [5, 5.41) is 0. The molecule has 3 heterocycles. The highest BCUT2D eigenvalue weighted by Crippen LogP contribution is 2.47. The van der Waals surface area contributed by atoms with Crippen molar-refractivity contribution in [3.63, 3.8) is 0 Å². The van der Waals surface area contributed by atoms with Gasteiger partial charge in [-0.1, -0.05) is 20.8 Å². The Morgan fingerprint density at radius 2 is 1.97 bits per heavy atom. The molecule has 0 N–H and O–H groups in total. The maximum absolute atomic E-state index is 12.7. The van der Waals surface area contributed by atoms with Crippen molar-refractivity contribution in [3.8, 4) is 17.1 Å². The van der Waals surface area contributed by atoms with Crippen molar-refractivity contribution in [3.05, 3.63) is 45.4 Å². The van der Waals surface area contributed by atoms with Gasteiger partial charge < -0.3 is 14.0 Å². The number of pyridine rings is 2. The Kier molecular flexibility index (Phi) is 5.77. The Hall–Kier alpha value is -2.47. The van der Waals surface area contributed by atoms with Crippen LogP contribution in [0, 0.1) is 5.41 Å². The SMILES string of the molecule is COCCCOc1cc2c(nc1C1CC1)-c1cc(=O)c(C(C)=O)cn1[C@H](C(C)(C)C)C2. The number of ketones is 1. The molecule has 0 unspecified atom stereocenters. The molecule has 1 fully saturated rings. The second-order valence-corrected chi connectivity index (χ2v) is 9.83. The molecular weight excluding hydrogens is 392 g/mol. The number of hydrogen-bond donors (Lipinski definition) is 0. The number of fused-ring (bicyclic) bond motifs is 3. The number of methoxy groups -OCH3 is 1. The lowest BCUT2D eigenvalue weighted by atomic mass is 9.79. The van der Waals surface area contributed by atoms with Crippen LogP contribution in [0.25, 0.3) is 11.4 Å². The largest absolute Gasteiger partial charge is 0.492 e. The topological polar surface area (TPSA) is 70.4 Å². The van der Waals surface area contributed by atoms with E-state index >= 15 is 0 Å². The first kappa shape index (κ1) is 21.8. The van der Waals surface area contributed by atoms with Crippen molar-refractivity contribution >= 4 is 5.78 Å². The predicted octanol–water partition coefficient (Wildman–Crippen LogP) is 4.55. The number of carbonyl (C=O) groups excluding carboxylic acids is 1. The molecule has 1 atom stereocenters. The Morgan fingerprint density at radius 1 is 1.23 bits per heavy atom. The fourth-order valence-electron chi connectivity index (χ4n) is 4.37. The standard InChI is InChI=1S/C25H32N2O4/c1-15(28)18-14-27-19(13-20(18)29)23-17(12-22(27)25(2,3)4)11-21(31-10-6-9-30-5)24(26-23)16-7-8-16/h11,13-14,16,22H,6-10,12H2,1-5H3/t22-/m0/s1. The summed E-state index contributed by atoms with van der Waals surface area (Å²) < 4.78 is 13.4. The molecule has 0 bridgehead atoms. The van der Waals surface area contributed by atoms with Crippen LogP contribution in [0.3, 0.4) is 0 Å². The predicted molar refractivity (Wildman–Crippen MR) is 120 cm³/mol. The van der Waals surface area contributed by atoms with Crippen molar-refractivity contribution in [2.75, 3.05) is 20.3 Å². The first-order valence-electron chi connectivity index (χ1n) is 11.1. The van der Waals surface area contributed by atoms with Crippen LogP contribution in [0.5, 0.6) is 5.75 Å². The average molecular weight is 425 g/mol. The van der Waals surface area contributed by atoms with Gasteiger partial charge in [-0.05, 0) is 43.2 Å². The van der Waals surface area contributed by atoms with Crippen molar-refractivity contribution in [2.24, 2.45) is 5.41 Å². The van der Waals surface area contributed by atoms with Crippen molar-refractivity contribution < 1.29 is 14.3 Å². The quantitative estimate of drug-likeness (QED) is 0.482. The van der Waals surface area contributed by atoms with Crippen molar-refractivity contribution in [2.45, 2.75) is 65.3 Å². The highest BCUT2D eigenvalue weighted by molar-refractivity contribution is 5.94. The van der Waals surface area contributed by atoms with E-state index in [1.807, 2.05) is 0 Å². The molecule has 4 rings (SSSR count). The average Bonchev–Trinajstić information content (AvgIpc) is 3.54. The van der Waals surface area contributed by atoms with Crippen LogP contribution < -0.4 is 10.2 Å². The summed E-state index contributed by atoms with van der Waals surface area (Å²) in [6, 6.07) is 3.83. The van der Waals surface area contributed by atoms with Gasteiger partial charge in [0.2, 0.25) is 0 Å². The zero-order valence-electron chi connectivity index (χ0n) is 19.2. The lowest BCUT2D eigenvalue weighted by Gasteiger charge is -2.38. The normalized spacial score (nSPS) is 17.8. The van der Waals surface area contributed by atoms with E-state index in [2.05, 4.69) is 31.4 Å². The molecule has 1 aliphatic heterocycles. The molecule has 2 aliphatic rings. The van der Waals surface area contributed by atoms with Crippen LogP contribution in [-0.4, -0.2) is 35.7 Å². The Bertz CT molecular complexity index is 1060. The summed E-state index contributed by atoms with van der Waals surface area (Å²) in [6.07, 6.45) is 5.57. The summed E-state index contributed by atoms with van der Waals surface area (Å²) in [5.74, 6) is 1.08. The fourth-order valence-corrected chi connectivity index (χ4v) is 4.37. The number of carbonyl (C=O) groups is 1. The molecule has 1 saturated carbocycles. The molecule has 2 aromatic rings. The van der Waals surface area contributed by atoms with E-state index in [1.54, 1.807) is 19.4 Å². The lowest BCUT2D eigenvalue weighted by Crippen LogP contribution is -2.33. The second kappa shape index (κ2) is 8.23. The number of Topliss-reactive ketones (excluding diaryl/α,β-unsaturated/α-hetero) is 1. The van der Waals surface area contributed by atoms with E-state index in [0.717, 1.165) is 54.1 Å². The smallest absolute Gasteiger partial charge is 0.193 e. The molecule has 0 spiro atoms. The second-order valence-electron chi connectivity index (χ2n) is 9.83. The molecule has 0 aromatic carbocycles. The summed E-state index contributed by atoms with van der Waals surface area (Å²) in [6.45, 7) is 9.26. The third kappa shape index (κ3) is 4.31. The van der Waals surface area contributed by atoms with Gasteiger partial charge in [-0.25, -0.2) is 4.98 Å². The molecule has 166 valence electrons. The number of aromatic nitrogens is 2. The van der Waals surface area contributed by atoms with Gasteiger partial charge in [0.15, 0.2) is 11.2 Å². The van der Waals surface area contributed by atoms with Crippen LogP contribution >= 0.6 is 0 Å². The summed E-state index contributed by atoms with van der Waals surface area (Å²) >= 11 is 0. The fraction of sp³-hybridized carbons (Fsp3) is 0.560. The minimum absolute atomic E-state index is 0.0653. The maximum Gasteiger partial charge on any atom is 0.193 e. The van der Waals surface area contributed by atoms with Crippen LogP contribution in [0.1, 0.15) is 80.5 Å². The minimum atomic E-state index is -0.242. The Morgan fingerprint density at radius 3 is 2.58 bits per heavy atom. The van der Waals surface area contributed by atoms with Crippen LogP contribution in [-0.2, 0) is 11.2 Å². The van der Waals surface area contributed by atoms with Crippen LogP contribution in [0.4, 0.5) is 0 Å². The van der Waals surface area contributed by atoms with Gasteiger partial charge in [-0.2, -0.15) is 0 Å². The first-order valence-corrected chi connectivity index (χ1v) is 11.1. The summed E-state index contributed by atoms with van der Waals surface area (Å²) in [4.78, 5) is 29.8. The van der Waals surface area contributed by atoms with Crippen LogP contribution in [0.15, 0.2) is 23.1 Å². The number of nitrogens with zero attached hydrogens (tertiary/aromatic N) is 2. The molecular formula is C25H32N2O4. The third-order valence-electron chi connectivity index (χ3n) is 6.26. The van der Waals surface area contributed by atoms with E-state index in [9.17, 15) is 9.59 Å². The van der Waals surface area contributed by atoms with Gasteiger partial charge >= 0.3 is 0 Å². The summed E-state index contributed by atoms with van der Waals surface area (Å²) in [7, 11) is 1.69. The highest BCUT2D eigenvalue weighted by Gasteiger charge is 2.36. The molecule has 0 amide bonds. The van der Waals surface area contributed by atoms with E-state index in [0.29, 0.717) is 19.1 Å². The lowest BCUT2D eigenvalue weighted by molar-refractivity contribution is 0.101. The zero-order valence-corrected chi connectivity index (χ0v) is 19.2. The zero-order chi connectivity index (χ0) is 22.3. The van der Waals surface area contributed by atoms with Gasteiger partial charge in [0.05, 0.1) is 29.3 Å². The summed E-state index contributed by atoms with van der Waals surface area (Å²) in [5.41, 5.74) is 3.66.